The number of hydrogen-bond donors (Lipinski definition) is 0. The second-order valence-corrected chi connectivity index (χ2v) is 2.29. The number of hydrogen-bond acceptors (Lipinski definition) is 1. The maximum atomic E-state index is 5.03. The quantitative estimate of drug-likeness (QED) is 0.569. The van der Waals surface area contributed by atoms with Crippen LogP contribution >= 0.6 is 0 Å². The van der Waals surface area contributed by atoms with Gasteiger partial charge >= 0.3 is 0 Å². The van der Waals surface area contributed by atoms with E-state index in [2.05, 4.69) is 20.8 Å². The van der Waals surface area contributed by atoms with Crippen molar-refractivity contribution in [2.24, 2.45) is 5.92 Å². The van der Waals surface area contributed by atoms with E-state index in [0.717, 1.165) is 18.9 Å². The van der Waals surface area contributed by atoms with Crippen LogP contribution in [0.1, 0.15) is 20.3 Å². The van der Waals surface area contributed by atoms with Crippen LogP contribution in [0, 0.1) is 12.8 Å². The summed E-state index contributed by atoms with van der Waals surface area (Å²) in [6, 6.07) is 0. The fourth-order valence-electron chi connectivity index (χ4n) is 0.421. The van der Waals surface area contributed by atoms with Crippen molar-refractivity contribution in [3.05, 3.63) is 6.92 Å². The molecule has 56 valence electrons. The van der Waals surface area contributed by atoms with Gasteiger partial charge in [0.15, 0.2) is 0 Å². The fourth-order valence-corrected chi connectivity index (χ4v) is 0.421. The van der Waals surface area contributed by atoms with Crippen LogP contribution in [0.25, 0.3) is 0 Å². The molecule has 0 aliphatic heterocycles. The summed E-state index contributed by atoms with van der Waals surface area (Å²) >= 11 is 0. The molecular weight excluding hydrogens is 284 g/mol. The summed E-state index contributed by atoms with van der Waals surface area (Å²) in [5.74, 6) is 0.751. The molecule has 0 aliphatic rings. The number of rotatable bonds is 4. The minimum absolute atomic E-state index is 0. The normalized spacial score (nSPS) is 9.33. The van der Waals surface area contributed by atoms with Crippen LogP contribution in [0.2, 0.25) is 0 Å². The van der Waals surface area contributed by atoms with Gasteiger partial charge in [-0.15, -0.1) is 0 Å². The molecule has 2 heteroatoms. The molecule has 0 atom stereocenters. The van der Waals surface area contributed by atoms with Gasteiger partial charge in [-0.3, -0.25) is 0 Å². The molecule has 0 aromatic heterocycles. The molecule has 0 radical (unpaired) electrons. The van der Waals surface area contributed by atoms with Gasteiger partial charge in [0.2, 0.25) is 0 Å². The van der Waals surface area contributed by atoms with Crippen LogP contribution in [0.5, 0.6) is 0 Å². The molecule has 0 heterocycles. The van der Waals surface area contributed by atoms with E-state index in [9.17, 15) is 0 Å². The van der Waals surface area contributed by atoms with Gasteiger partial charge in [-0.25, -0.2) is 0 Å². The van der Waals surface area contributed by atoms with Gasteiger partial charge in [0, 0.05) is 27.7 Å². The first-order valence-corrected chi connectivity index (χ1v) is 3.14. The third-order valence-electron chi connectivity index (χ3n) is 0.984. The number of ether oxygens (including phenoxy) is 1. The summed E-state index contributed by atoms with van der Waals surface area (Å²) in [5.41, 5.74) is 0. The van der Waals surface area contributed by atoms with E-state index in [4.69, 9.17) is 4.74 Å². The third kappa shape index (κ3) is 12.0. The van der Waals surface area contributed by atoms with Gasteiger partial charge in [-0.05, 0) is 12.3 Å². The fraction of sp³-hybridized carbons (Fsp3) is 0.857. The molecule has 0 saturated carbocycles. The zero-order chi connectivity index (χ0) is 6.41. The van der Waals surface area contributed by atoms with Gasteiger partial charge in [0.1, 0.15) is 0 Å². The smallest absolute Gasteiger partial charge is 0.0432 e. The molecule has 0 aromatic carbocycles. The summed E-state index contributed by atoms with van der Waals surface area (Å²) in [6.07, 6.45) is 1.15. The predicted octanol–water partition coefficient (Wildman–Crippen LogP) is 1.88. The second kappa shape index (κ2) is 8.65. The summed E-state index contributed by atoms with van der Waals surface area (Å²) < 4.78 is 5.03. The largest absolute Gasteiger partial charge is 0.413 e. The van der Waals surface area contributed by atoms with E-state index in [1.54, 1.807) is 0 Å². The molecule has 1 nitrogen and oxygen atoms in total. The minimum Gasteiger partial charge on any atom is -0.413 e. The standard InChI is InChI=1S/C7H15O.W/c1-4-8-6-5-7(2)3;/h7H,1,4-6H2,2-3H3;/q-1;. The monoisotopic (exact) mass is 299 g/mol. The average molecular weight is 299 g/mol. The maximum Gasteiger partial charge on any atom is 0.0432 e. The van der Waals surface area contributed by atoms with Crippen molar-refractivity contribution in [3.8, 4) is 0 Å². The van der Waals surface area contributed by atoms with Gasteiger partial charge in [-0.1, -0.05) is 20.5 Å². The molecule has 9 heavy (non-hydrogen) atoms. The Balaban J connectivity index is 0. The Bertz CT molecular complexity index is 46.2. The van der Waals surface area contributed by atoms with Crippen LogP contribution in [-0.2, 0) is 25.8 Å². The molecule has 0 amide bonds. The summed E-state index contributed by atoms with van der Waals surface area (Å²) in [7, 11) is 0. The Labute approximate surface area is 72.4 Å². The Hall–Kier alpha value is 0.648. The van der Waals surface area contributed by atoms with Gasteiger partial charge in [-0.2, -0.15) is 0 Å². The Morgan fingerprint density at radius 1 is 1.44 bits per heavy atom. The van der Waals surface area contributed by atoms with E-state index in [1.165, 1.54) is 0 Å². The van der Waals surface area contributed by atoms with Gasteiger partial charge in [0.25, 0.3) is 0 Å². The van der Waals surface area contributed by atoms with Crippen molar-refractivity contribution in [1.29, 1.82) is 0 Å². The Kier molecular flexibility index (Phi) is 11.9. The molecule has 0 bridgehead atoms. The molecule has 0 spiro atoms. The Morgan fingerprint density at radius 3 is 2.33 bits per heavy atom. The van der Waals surface area contributed by atoms with Crippen molar-refractivity contribution < 1.29 is 25.8 Å². The zero-order valence-corrected chi connectivity index (χ0v) is 9.16. The van der Waals surface area contributed by atoms with Crippen LogP contribution < -0.4 is 0 Å². The zero-order valence-electron chi connectivity index (χ0n) is 6.22. The molecular formula is C7H15OW-. The SMILES string of the molecule is [CH2-]COCCC(C)C.[W]. The van der Waals surface area contributed by atoms with E-state index in [1.807, 2.05) is 0 Å². The first kappa shape index (κ1) is 12.3. The first-order valence-electron chi connectivity index (χ1n) is 3.14. The van der Waals surface area contributed by atoms with Crippen molar-refractivity contribution in [2.75, 3.05) is 13.2 Å². The third-order valence-corrected chi connectivity index (χ3v) is 0.984. The molecule has 0 aliphatic carbocycles. The van der Waals surface area contributed by atoms with Crippen LogP contribution in [0.3, 0.4) is 0 Å². The summed E-state index contributed by atoms with van der Waals surface area (Å²) in [4.78, 5) is 0. The van der Waals surface area contributed by atoms with E-state index in [0.29, 0.717) is 6.61 Å². The second-order valence-electron chi connectivity index (χ2n) is 2.29. The van der Waals surface area contributed by atoms with E-state index >= 15 is 0 Å². The first-order chi connectivity index (χ1) is 3.77. The molecule has 0 N–H and O–H groups in total. The predicted molar refractivity (Wildman–Crippen MR) is 35.6 cm³/mol. The summed E-state index contributed by atoms with van der Waals surface area (Å²) in [6.45, 7) is 9.40. The molecule has 0 aromatic rings. The van der Waals surface area contributed by atoms with Crippen molar-refractivity contribution in [1.82, 2.24) is 0 Å². The molecule has 0 saturated heterocycles. The average Bonchev–Trinajstić information content (AvgIpc) is 1.66. The molecule has 0 unspecified atom stereocenters. The van der Waals surface area contributed by atoms with E-state index < -0.39 is 0 Å². The van der Waals surface area contributed by atoms with Crippen molar-refractivity contribution in [3.63, 3.8) is 0 Å². The Morgan fingerprint density at radius 2 is 2.00 bits per heavy atom. The van der Waals surface area contributed by atoms with Crippen molar-refractivity contribution in [2.45, 2.75) is 20.3 Å². The van der Waals surface area contributed by atoms with Crippen LogP contribution in [0.4, 0.5) is 0 Å². The molecule has 0 rings (SSSR count). The topological polar surface area (TPSA) is 9.23 Å². The minimum atomic E-state index is 0. The van der Waals surface area contributed by atoms with Crippen LogP contribution in [0.15, 0.2) is 0 Å². The van der Waals surface area contributed by atoms with Crippen molar-refractivity contribution >= 4 is 0 Å². The van der Waals surface area contributed by atoms with Gasteiger partial charge in [0.05, 0.1) is 0 Å². The van der Waals surface area contributed by atoms with Gasteiger partial charge < -0.3 is 11.7 Å². The van der Waals surface area contributed by atoms with Crippen LogP contribution in [-0.4, -0.2) is 13.2 Å². The maximum absolute atomic E-state index is 5.03. The summed E-state index contributed by atoms with van der Waals surface area (Å²) in [5, 5.41) is 0. The molecule has 0 fully saturated rings. The van der Waals surface area contributed by atoms with E-state index in [-0.39, 0.29) is 21.1 Å².